The van der Waals surface area contributed by atoms with Crippen molar-refractivity contribution in [3.05, 3.63) is 35.4 Å². The zero-order chi connectivity index (χ0) is 11.4. The van der Waals surface area contributed by atoms with Gasteiger partial charge in [0.05, 0.1) is 0 Å². The summed E-state index contributed by atoms with van der Waals surface area (Å²) >= 11 is 0. The fourth-order valence-corrected chi connectivity index (χ4v) is 2.25. The van der Waals surface area contributed by atoms with Crippen molar-refractivity contribution in [3.63, 3.8) is 0 Å². The molecule has 88 valence electrons. The van der Waals surface area contributed by atoms with Crippen LogP contribution in [0.4, 0.5) is 8.78 Å². The quantitative estimate of drug-likeness (QED) is 0.832. The molecular weight excluding hydrogens is 208 g/mol. The minimum absolute atomic E-state index is 0.138. The van der Waals surface area contributed by atoms with Crippen molar-refractivity contribution in [2.75, 3.05) is 6.54 Å². The number of halogens is 2. The summed E-state index contributed by atoms with van der Waals surface area (Å²) in [5, 5.41) is 3.43. The van der Waals surface area contributed by atoms with Crippen LogP contribution >= 0.6 is 0 Å². The van der Waals surface area contributed by atoms with Gasteiger partial charge in [-0.1, -0.05) is 30.7 Å². The van der Waals surface area contributed by atoms with Gasteiger partial charge in [0, 0.05) is 12.5 Å². The Labute approximate surface area is 94.9 Å². The Hall–Kier alpha value is -0.960. The lowest BCUT2D eigenvalue weighted by atomic mass is 9.96. The molecule has 16 heavy (non-hydrogen) atoms. The van der Waals surface area contributed by atoms with E-state index in [1.54, 1.807) is 6.07 Å². The molecule has 0 aliphatic carbocycles. The summed E-state index contributed by atoms with van der Waals surface area (Å²) < 4.78 is 24.6. The van der Waals surface area contributed by atoms with Crippen molar-refractivity contribution in [3.8, 4) is 0 Å². The Balaban J connectivity index is 2.08. The van der Waals surface area contributed by atoms with Crippen molar-refractivity contribution in [2.24, 2.45) is 0 Å². The molecule has 0 amide bonds. The molecule has 1 aliphatic heterocycles. The molecule has 0 aromatic heterocycles. The molecular formula is C13H17F2N. The van der Waals surface area contributed by atoms with Gasteiger partial charge in [0.15, 0.2) is 0 Å². The summed E-state index contributed by atoms with van der Waals surface area (Å²) in [6.45, 7) is 1.03. The van der Waals surface area contributed by atoms with Crippen LogP contribution in [0, 0.1) is 0 Å². The van der Waals surface area contributed by atoms with Crippen LogP contribution in [-0.4, -0.2) is 13.0 Å². The van der Waals surface area contributed by atoms with E-state index < -0.39 is 6.43 Å². The van der Waals surface area contributed by atoms with E-state index in [9.17, 15) is 8.78 Å². The SMILES string of the molecule is FC(F)Cc1cccc(C2CCCCN2)c1. The standard InChI is InChI=1S/C13H17F2N/c14-13(15)9-10-4-3-5-11(8-10)12-6-1-2-7-16-12/h3-5,8,12-13,16H,1-2,6-7,9H2. The van der Waals surface area contributed by atoms with Crippen molar-refractivity contribution in [2.45, 2.75) is 38.2 Å². The van der Waals surface area contributed by atoms with Gasteiger partial charge < -0.3 is 5.32 Å². The number of nitrogens with one attached hydrogen (secondary N) is 1. The average molecular weight is 225 g/mol. The van der Waals surface area contributed by atoms with Crippen LogP contribution in [0.15, 0.2) is 24.3 Å². The van der Waals surface area contributed by atoms with Gasteiger partial charge in [-0.2, -0.15) is 0 Å². The highest BCUT2D eigenvalue weighted by molar-refractivity contribution is 5.26. The second kappa shape index (κ2) is 5.39. The number of hydrogen-bond acceptors (Lipinski definition) is 1. The van der Waals surface area contributed by atoms with E-state index in [0.717, 1.165) is 24.1 Å². The van der Waals surface area contributed by atoms with Crippen LogP contribution < -0.4 is 5.32 Å². The molecule has 1 atom stereocenters. The molecule has 1 saturated heterocycles. The van der Waals surface area contributed by atoms with Crippen LogP contribution in [0.2, 0.25) is 0 Å². The second-order valence-electron chi connectivity index (χ2n) is 4.34. The summed E-state index contributed by atoms with van der Waals surface area (Å²) in [5.74, 6) is 0. The molecule has 1 aromatic rings. The maximum atomic E-state index is 12.3. The smallest absolute Gasteiger partial charge is 0.242 e. The predicted molar refractivity (Wildman–Crippen MR) is 60.7 cm³/mol. The first-order valence-corrected chi connectivity index (χ1v) is 5.86. The van der Waals surface area contributed by atoms with Gasteiger partial charge >= 0.3 is 0 Å². The predicted octanol–water partition coefficient (Wildman–Crippen LogP) is 3.31. The molecule has 0 bridgehead atoms. The summed E-state index contributed by atoms with van der Waals surface area (Å²) in [5.41, 5.74) is 1.89. The molecule has 1 heterocycles. The summed E-state index contributed by atoms with van der Waals surface area (Å²) in [4.78, 5) is 0. The lowest BCUT2D eigenvalue weighted by Gasteiger charge is -2.24. The van der Waals surface area contributed by atoms with Crippen molar-refractivity contribution in [1.82, 2.24) is 5.32 Å². The van der Waals surface area contributed by atoms with Crippen LogP contribution in [0.1, 0.15) is 36.4 Å². The molecule has 0 radical (unpaired) electrons. The lowest BCUT2D eigenvalue weighted by Crippen LogP contribution is -2.26. The Morgan fingerprint density at radius 3 is 2.88 bits per heavy atom. The highest BCUT2D eigenvalue weighted by Gasteiger charge is 2.15. The molecule has 3 heteroatoms. The molecule has 1 aliphatic rings. The normalized spacial score (nSPS) is 21.3. The van der Waals surface area contributed by atoms with E-state index in [1.165, 1.54) is 12.8 Å². The Morgan fingerprint density at radius 2 is 2.19 bits per heavy atom. The number of alkyl halides is 2. The van der Waals surface area contributed by atoms with E-state index in [1.807, 2.05) is 18.2 Å². The summed E-state index contributed by atoms with van der Waals surface area (Å²) in [6.07, 6.45) is 1.15. The third-order valence-electron chi connectivity index (χ3n) is 3.05. The van der Waals surface area contributed by atoms with Gasteiger partial charge in [-0.25, -0.2) is 8.78 Å². The van der Waals surface area contributed by atoms with E-state index in [4.69, 9.17) is 0 Å². The molecule has 0 spiro atoms. The van der Waals surface area contributed by atoms with E-state index in [0.29, 0.717) is 6.04 Å². The molecule has 2 rings (SSSR count). The minimum Gasteiger partial charge on any atom is -0.310 e. The van der Waals surface area contributed by atoms with Gasteiger partial charge in [0.1, 0.15) is 0 Å². The second-order valence-corrected chi connectivity index (χ2v) is 4.34. The fourth-order valence-electron chi connectivity index (χ4n) is 2.25. The third-order valence-corrected chi connectivity index (χ3v) is 3.05. The average Bonchev–Trinajstić information content (AvgIpc) is 2.30. The van der Waals surface area contributed by atoms with Gasteiger partial charge in [-0.3, -0.25) is 0 Å². The van der Waals surface area contributed by atoms with Gasteiger partial charge in [0.2, 0.25) is 6.43 Å². The third kappa shape index (κ3) is 3.01. The zero-order valence-corrected chi connectivity index (χ0v) is 9.26. The number of hydrogen-bond donors (Lipinski definition) is 1. The lowest BCUT2D eigenvalue weighted by molar-refractivity contribution is 0.149. The highest BCUT2D eigenvalue weighted by atomic mass is 19.3. The number of piperidine rings is 1. The minimum atomic E-state index is -2.26. The van der Waals surface area contributed by atoms with Crippen LogP contribution in [0.3, 0.4) is 0 Å². The molecule has 1 unspecified atom stereocenters. The van der Waals surface area contributed by atoms with Gasteiger partial charge in [0.25, 0.3) is 0 Å². The van der Waals surface area contributed by atoms with Crippen LogP contribution in [0.25, 0.3) is 0 Å². The maximum Gasteiger partial charge on any atom is 0.242 e. The number of benzene rings is 1. The monoisotopic (exact) mass is 225 g/mol. The zero-order valence-electron chi connectivity index (χ0n) is 9.26. The molecule has 1 N–H and O–H groups in total. The first kappa shape index (κ1) is 11.5. The summed E-state index contributed by atoms with van der Waals surface area (Å²) in [7, 11) is 0. The first-order valence-electron chi connectivity index (χ1n) is 5.86. The van der Waals surface area contributed by atoms with E-state index in [-0.39, 0.29) is 6.42 Å². The van der Waals surface area contributed by atoms with E-state index in [2.05, 4.69) is 5.32 Å². The maximum absolute atomic E-state index is 12.3. The molecule has 1 nitrogen and oxygen atoms in total. The first-order chi connectivity index (χ1) is 7.75. The van der Waals surface area contributed by atoms with Gasteiger partial charge in [-0.05, 0) is 30.5 Å². The highest BCUT2D eigenvalue weighted by Crippen LogP contribution is 2.24. The largest absolute Gasteiger partial charge is 0.310 e. The Bertz CT molecular complexity index is 332. The van der Waals surface area contributed by atoms with Crippen molar-refractivity contribution in [1.29, 1.82) is 0 Å². The number of rotatable bonds is 3. The Kier molecular flexibility index (Phi) is 3.88. The van der Waals surface area contributed by atoms with Crippen LogP contribution in [0.5, 0.6) is 0 Å². The Morgan fingerprint density at radius 1 is 1.31 bits per heavy atom. The van der Waals surface area contributed by atoms with Crippen molar-refractivity contribution < 1.29 is 8.78 Å². The van der Waals surface area contributed by atoms with Gasteiger partial charge in [-0.15, -0.1) is 0 Å². The van der Waals surface area contributed by atoms with Crippen molar-refractivity contribution >= 4 is 0 Å². The summed E-state index contributed by atoms with van der Waals surface area (Å²) in [6, 6.07) is 7.95. The van der Waals surface area contributed by atoms with Crippen LogP contribution in [-0.2, 0) is 6.42 Å². The molecule has 1 fully saturated rings. The molecule has 1 aromatic carbocycles. The topological polar surface area (TPSA) is 12.0 Å². The fraction of sp³-hybridized carbons (Fsp3) is 0.538. The molecule has 0 saturated carbocycles. The van der Waals surface area contributed by atoms with E-state index >= 15 is 0 Å².